The monoisotopic (exact) mass is 2120 g/mol. The van der Waals surface area contributed by atoms with E-state index in [1.54, 1.807) is 6.92 Å². The van der Waals surface area contributed by atoms with Crippen LogP contribution in [-0.2, 0) is 129 Å². The number of non-ortho nitro benzene ring substituents is 3. The second kappa shape index (κ2) is 56.2. The number of amides is 3. The Bertz CT molecular complexity index is 4990. The number of nitro groups is 6. The molecule has 0 aliphatic carbocycles. The van der Waals surface area contributed by atoms with Gasteiger partial charge in [-0.05, 0) is 13.3 Å². The van der Waals surface area contributed by atoms with Gasteiger partial charge in [-0.15, -0.1) is 0 Å². The lowest BCUT2D eigenvalue weighted by molar-refractivity contribution is -0.394. The minimum absolute atomic E-state index is 0.0201. The van der Waals surface area contributed by atoms with E-state index in [4.69, 9.17) is 81.5 Å². The number of rotatable bonds is 44. The molecule has 754 valence electrons. The minimum atomic E-state index is -3.91. The Kier molecular flexibility index (Phi) is 49.0. The van der Waals surface area contributed by atoms with Crippen LogP contribution in [0.2, 0.25) is 5.02 Å². The van der Waals surface area contributed by atoms with Crippen molar-refractivity contribution >= 4 is 175 Å². The molecule has 3 aliphatic rings. The Morgan fingerprint density at radius 1 is 0.430 bits per heavy atom. The normalized spacial score (nSPS) is 21.1. The summed E-state index contributed by atoms with van der Waals surface area (Å²) in [4.78, 5) is 197. The van der Waals surface area contributed by atoms with Crippen molar-refractivity contribution in [1.82, 2.24) is 16.0 Å². The summed E-state index contributed by atoms with van der Waals surface area (Å²) in [6.07, 6.45) is -17.6. The Morgan fingerprint density at radius 3 is 1.12 bits per heavy atom. The molecule has 0 radical (unpaired) electrons. The third kappa shape index (κ3) is 38.7. The highest BCUT2D eigenvalue weighted by Crippen LogP contribution is 2.40. The first-order chi connectivity index (χ1) is 62.9. The van der Waals surface area contributed by atoms with Crippen LogP contribution in [0, 0.1) is 60.7 Å². The molecule has 3 fully saturated rings. The molecule has 3 aromatic rings. The Balaban J connectivity index is 0.000000497. The van der Waals surface area contributed by atoms with Gasteiger partial charge in [0.05, 0.1) is 116 Å². The molecular formula is C73H98Br2ClN11O46S2. The second-order valence-electron chi connectivity index (χ2n) is 28.2. The largest absolute Gasteiger partial charge is 0.463 e. The molecule has 135 heavy (non-hydrogen) atoms. The predicted molar refractivity (Wildman–Crippen MR) is 460 cm³/mol. The quantitative estimate of drug-likeness (QED) is 0.00794. The fourth-order valence-corrected chi connectivity index (χ4v) is 14.2. The van der Waals surface area contributed by atoms with Crippen LogP contribution in [0.3, 0.4) is 0 Å². The number of nitrogens with one attached hydrogen (secondary N) is 3. The van der Waals surface area contributed by atoms with Crippen LogP contribution >= 0.6 is 43.5 Å². The van der Waals surface area contributed by atoms with E-state index in [1.807, 2.05) is 6.92 Å². The molecule has 0 spiro atoms. The van der Waals surface area contributed by atoms with Crippen molar-refractivity contribution in [3.8, 4) is 0 Å². The van der Waals surface area contributed by atoms with Gasteiger partial charge in [-0.25, -0.2) is 0 Å². The summed E-state index contributed by atoms with van der Waals surface area (Å²) in [5.41, 5.74) is -6.33. The van der Waals surface area contributed by atoms with Gasteiger partial charge in [0.2, 0.25) is 0 Å². The van der Waals surface area contributed by atoms with E-state index in [2.05, 4.69) is 47.8 Å². The van der Waals surface area contributed by atoms with Gasteiger partial charge in [0.1, 0.15) is 66.2 Å². The van der Waals surface area contributed by atoms with Crippen LogP contribution in [0.5, 0.6) is 0 Å². The molecule has 3 aromatic carbocycles. The molecule has 0 saturated carbocycles. The van der Waals surface area contributed by atoms with E-state index in [1.165, 1.54) is 37.5 Å². The summed E-state index contributed by atoms with van der Waals surface area (Å²) >= 11 is 12.1. The zero-order valence-corrected chi connectivity index (χ0v) is 79.2. The van der Waals surface area contributed by atoms with E-state index in [0.29, 0.717) is 25.1 Å². The SMILES string of the molecule is CC(=O)OCC1OC(C)C(OC(C)=O)C(OC(C)=O)C1OC(C)=O.CC(=O)OCC1OC(OCCNC(=O)c2cc([N+](=O)[O-])cc([N+](=O)[O-])c2N(CCBr)CCOS(C)(=O)=O)C(OC(C)=O)C(OC(C)=O)C1OC(C)=O.CCCNC(=O)c1cc([N+](=O)[O-])cc([N+](=O)[O-])c1Cl.CS(=O)(=O)OCCN(CCBr)c1c(C(=O)NCCOC2OC(CO)C(O)C(O)C2O)cc([N+](=O)[O-])cc1[N+](=O)[O-]. The van der Waals surface area contributed by atoms with Crippen LogP contribution in [0.1, 0.15) is 107 Å². The molecule has 7 N–H and O–H groups in total. The molecule has 3 saturated heterocycles. The summed E-state index contributed by atoms with van der Waals surface area (Å²) in [5.74, 6) is -8.50. The van der Waals surface area contributed by atoms with Crippen LogP contribution in [0.25, 0.3) is 0 Å². The number of nitro benzene ring substituents is 6. The average Bonchev–Trinajstić information content (AvgIpc) is 0.784. The van der Waals surface area contributed by atoms with Crippen molar-refractivity contribution in [2.45, 2.75) is 168 Å². The maximum Gasteiger partial charge on any atom is 0.303 e. The molecular weight excluding hydrogens is 2030 g/mol. The Morgan fingerprint density at radius 2 is 0.763 bits per heavy atom. The smallest absolute Gasteiger partial charge is 0.303 e. The van der Waals surface area contributed by atoms with Gasteiger partial charge in [-0.1, -0.05) is 50.4 Å². The number of aliphatic hydroxyl groups is 4. The van der Waals surface area contributed by atoms with E-state index in [-0.39, 0.29) is 73.5 Å². The highest BCUT2D eigenvalue weighted by molar-refractivity contribution is 9.09. The van der Waals surface area contributed by atoms with Crippen LogP contribution in [0.15, 0.2) is 36.4 Å². The van der Waals surface area contributed by atoms with Gasteiger partial charge in [0.15, 0.2) is 49.2 Å². The van der Waals surface area contributed by atoms with Crippen molar-refractivity contribution in [3.05, 3.63) is 119 Å². The van der Waals surface area contributed by atoms with Crippen LogP contribution < -0.4 is 25.8 Å². The number of carbonyl (C=O) groups is 11. The molecule has 0 bridgehead atoms. The highest BCUT2D eigenvalue weighted by atomic mass is 79.9. The van der Waals surface area contributed by atoms with Crippen molar-refractivity contribution in [1.29, 1.82) is 0 Å². The second-order valence-corrected chi connectivity index (χ2v) is 33.4. The molecule has 15 unspecified atom stereocenters. The van der Waals surface area contributed by atoms with Gasteiger partial charge in [0, 0.05) is 130 Å². The summed E-state index contributed by atoms with van der Waals surface area (Å²) in [7, 11) is -7.77. The molecule has 0 aromatic heterocycles. The lowest BCUT2D eigenvalue weighted by Gasteiger charge is -2.44. The van der Waals surface area contributed by atoms with E-state index >= 15 is 0 Å². The first kappa shape index (κ1) is 118. The fourth-order valence-electron chi connectivity index (χ4n) is 12.4. The van der Waals surface area contributed by atoms with Crippen molar-refractivity contribution in [2.24, 2.45) is 0 Å². The average molecular weight is 2130 g/mol. The Labute approximate surface area is 787 Å². The number of halogens is 3. The maximum absolute atomic E-state index is 13.5. The highest BCUT2D eigenvalue weighted by Gasteiger charge is 2.54. The predicted octanol–water partition coefficient (Wildman–Crippen LogP) is 1.16. The summed E-state index contributed by atoms with van der Waals surface area (Å²) in [5, 5.41) is 115. The van der Waals surface area contributed by atoms with Crippen LogP contribution in [-0.4, -0.2) is 339 Å². The molecule has 62 heteroatoms. The summed E-state index contributed by atoms with van der Waals surface area (Å²) in [6.45, 7) is 8.33. The van der Waals surface area contributed by atoms with E-state index in [0.717, 1.165) is 64.5 Å². The molecule has 3 aliphatic heterocycles. The standard InChI is InChI=1S/C28H37BrN4O18S.C20H29BrN4O14S.C15H22O9.C10H10ClN3O5/c1-15(34)46-14-22-24(48-16(2)35)25(49-17(3)36)26(50-18(4)37)28(51-22)45-10-7-30-27(38)20-12-19(32(39)40)13-21(33(41)42)23(20)31(8-6-29)9-11-47-52(5,43)44;1-40(35,36)38-7-5-23(4-2-21)15-12(8-11(24(31)32)9-13(15)25(33)34)19(30)22-3-6-37-20-18(29)17(28)16(27)14(10-26)39-20;1-7-13(22-9(3)17)15(24-11(5)19)14(23-10(4)18)12(21-7)6-20-8(2)16;1-2-3-12-10(15)7-4-6(13(16)17)5-8(9(7)11)14(18)19/h12-13,22,24-26,28H,6-11,14H2,1-5H3,(H,30,38);8-9,14,16-18,20,26-29H,2-7,10H2,1H3,(H,22,30);7,12-15H,6H2,1-5H3;4-5H,2-3H2,1H3,(H,12,15). The number of nitrogens with zero attached hydrogens (tertiary/aromatic N) is 8. The van der Waals surface area contributed by atoms with E-state index < -0.39 is 297 Å². The molecule has 57 nitrogen and oxygen atoms in total. The van der Waals surface area contributed by atoms with Gasteiger partial charge in [-0.3, -0.25) is 122 Å². The molecule has 3 heterocycles. The zero-order chi connectivity index (χ0) is 103. The first-order valence-corrected chi connectivity index (χ1v) is 45.6. The lowest BCUT2D eigenvalue weighted by Crippen LogP contribution is -2.63. The number of aliphatic hydroxyl groups excluding tert-OH is 4. The number of ether oxygens (including phenoxy) is 13. The Hall–Kier alpha value is -11.5. The third-order valence-corrected chi connectivity index (χ3v) is 20.0. The van der Waals surface area contributed by atoms with Gasteiger partial charge in [0.25, 0.3) is 72.1 Å². The third-order valence-electron chi connectivity index (χ3n) is 17.7. The van der Waals surface area contributed by atoms with Crippen molar-refractivity contribution < 1.29 is 189 Å². The van der Waals surface area contributed by atoms with E-state index in [9.17, 15) is 151 Å². The number of esters is 8. The van der Waals surface area contributed by atoms with Gasteiger partial charge < -0.3 is 108 Å². The maximum atomic E-state index is 13.5. The molecule has 15 atom stereocenters. The van der Waals surface area contributed by atoms with Crippen molar-refractivity contribution in [2.75, 3.05) is 125 Å². The number of hydrogen-bond acceptors (Lipinski definition) is 48. The number of carbonyl (C=O) groups excluding carboxylic acids is 11. The minimum Gasteiger partial charge on any atom is -0.463 e. The van der Waals surface area contributed by atoms with Crippen LogP contribution in [0.4, 0.5) is 45.5 Å². The summed E-state index contributed by atoms with van der Waals surface area (Å²) < 4.78 is 124. The molecule has 3 amide bonds. The fraction of sp³-hybridized carbons (Fsp3) is 0.603. The first-order valence-electron chi connectivity index (χ1n) is 39.3. The number of benzene rings is 3. The number of alkyl halides is 2. The van der Waals surface area contributed by atoms with Gasteiger partial charge in [-0.2, -0.15) is 16.8 Å². The number of hydrogen-bond donors (Lipinski definition) is 7. The summed E-state index contributed by atoms with van der Waals surface area (Å²) in [6, 6.07) is 4.59. The topological polar surface area (TPSA) is 777 Å². The lowest BCUT2D eigenvalue weighted by atomic mass is 9.95. The molecule has 6 rings (SSSR count). The van der Waals surface area contributed by atoms with Crippen molar-refractivity contribution in [3.63, 3.8) is 0 Å². The van der Waals surface area contributed by atoms with Gasteiger partial charge >= 0.3 is 47.8 Å². The zero-order valence-electron chi connectivity index (χ0n) is 73.6. The number of anilines is 2.